The molecule has 0 saturated carbocycles. The van der Waals surface area contributed by atoms with Crippen LogP contribution in [0.1, 0.15) is 19.9 Å². The predicted octanol–water partition coefficient (Wildman–Crippen LogP) is 0.890. The van der Waals surface area contributed by atoms with Gasteiger partial charge in [0, 0.05) is 26.3 Å². The molecular formula is C9H15N3O. The molecule has 0 bridgehead atoms. The molecule has 1 heterocycles. The van der Waals surface area contributed by atoms with Gasteiger partial charge in [-0.1, -0.05) is 0 Å². The Labute approximate surface area is 77.8 Å². The van der Waals surface area contributed by atoms with Crippen molar-refractivity contribution in [3.63, 3.8) is 0 Å². The summed E-state index contributed by atoms with van der Waals surface area (Å²) in [6.07, 6.45) is 1.77. The quantitative estimate of drug-likeness (QED) is 0.680. The molecule has 0 radical (unpaired) electrons. The first kappa shape index (κ1) is 9.77. The minimum absolute atomic E-state index is 0.163. The van der Waals surface area contributed by atoms with Gasteiger partial charge in [-0.3, -0.25) is 4.57 Å². The largest absolute Gasteiger partial charge is 0.363 e. The molecule has 13 heavy (non-hydrogen) atoms. The number of hydrogen-bond donors (Lipinski definition) is 0. The molecule has 0 spiro atoms. The first-order valence-electron chi connectivity index (χ1n) is 4.29. The Morgan fingerprint density at radius 3 is 2.46 bits per heavy atom. The average molecular weight is 181 g/mol. The third kappa shape index (κ3) is 2.08. The zero-order chi connectivity index (χ0) is 10.0. The van der Waals surface area contributed by atoms with Gasteiger partial charge >= 0.3 is 5.69 Å². The van der Waals surface area contributed by atoms with Gasteiger partial charge in [0.15, 0.2) is 0 Å². The molecule has 0 fully saturated rings. The van der Waals surface area contributed by atoms with Crippen molar-refractivity contribution >= 4 is 5.82 Å². The van der Waals surface area contributed by atoms with Crippen LogP contribution >= 0.6 is 0 Å². The van der Waals surface area contributed by atoms with Crippen molar-refractivity contribution in [1.29, 1.82) is 0 Å². The topological polar surface area (TPSA) is 38.1 Å². The molecule has 0 aromatic carbocycles. The second-order valence-electron chi connectivity index (χ2n) is 3.46. The van der Waals surface area contributed by atoms with E-state index in [9.17, 15) is 4.79 Å². The minimum Gasteiger partial charge on any atom is -0.363 e. The van der Waals surface area contributed by atoms with Gasteiger partial charge < -0.3 is 4.90 Å². The highest BCUT2D eigenvalue weighted by atomic mass is 16.1. The lowest BCUT2D eigenvalue weighted by Crippen LogP contribution is -2.26. The smallest absolute Gasteiger partial charge is 0.349 e. The number of aromatic nitrogens is 2. The Bertz CT molecular complexity index is 341. The lowest BCUT2D eigenvalue weighted by Gasteiger charge is -2.13. The fraction of sp³-hybridized carbons (Fsp3) is 0.556. The van der Waals surface area contributed by atoms with Crippen LogP contribution in [-0.2, 0) is 0 Å². The Morgan fingerprint density at radius 1 is 1.46 bits per heavy atom. The molecule has 0 amide bonds. The zero-order valence-corrected chi connectivity index (χ0v) is 8.48. The third-order valence-electron chi connectivity index (χ3n) is 1.83. The van der Waals surface area contributed by atoms with Gasteiger partial charge in [0.25, 0.3) is 0 Å². The van der Waals surface area contributed by atoms with Crippen molar-refractivity contribution in [1.82, 2.24) is 9.55 Å². The summed E-state index contributed by atoms with van der Waals surface area (Å²) in [5, 5.41) is 0. The summed E-state index contributed by atoms with van der Waals surface area (Å²) in [6.45, 7) is 3.91. The summed E-state index contributed by atoms with van der Waals surface area (Å²) in [5.41, 5.74) is -0.193. The van der Waals surface area contributed by atoms with Gasteiger partial charge in [-0.25, -0.2) is 4.79 Å². The summed E-state index contributed by atoms with van der Waals surface area (Å²) < 4.78 is 1.60. The van der Waals surface area contributed by atoms with Gasteiger partial charge in [0.05, 0.1) is 0 Å². The molecule has 4 heteroatoms. The third-order valence-corrected chi connectivity index (χ3v) is 1.83. The normalized spacial score (nSPS) is 10.5. The van der Waals surface area contributed by atoms with Gasteiger partial charge in [-0.2, -0.15) is 4.98 Å². The van der Waals surface area contributed by atoms with E-state index in [-0.39, 0.29) is 11.7 Å². The fourth-order valence-electron chi connectivity index (χ4n) is 1.05. The first-order chi connectivity index (χ1) is 6.02. The van der Waals surface area contributed by atoms with Crippen LogP contribution in [0.2, 0.25) is 0 Å². The Balaban J connectivity index is 3.14. The first-order valence-corrected chi connectivity index (χ1v) is 4.29. The second-order valence-corrected chi connectivity index (χ2v) is 3.46. The van der Waals surface area contributed by atoms with Crippen LogP contribution in [0, 0.1) is 0 Å². The van der Waals surface area contributed by atoms with Crippen LogP contribution < -0.4 is 10.6 Å². The van der Waals surface area contributed by atoms with Crippen molar-refractivity contribution < 1.29 is 0 Å². The number of nitrogens with zero attached hydrogens (tertiary/aromatic N) is 3. The van der Waals surface area contributed by atoms with E-state index in [1.807, 2.05) is 38.9 Å². The van der Waals surface area contributed by atoms with Crippen LogP contribution in [0.25, 0.3) is 0 Å². The molecule has 0 aliphatic carbocycles. The van der Waals surface area contributed by atoms with Crippen molar-refractivity contribution in [2.24, 2.45) is 0 Å². The van der Waals surface area contributed by atoms with E-state index < -0.39 is 0 Å². The molecular weight excluding hydrogens is 166 g/mol. The van der Waals surface area contributed by atoms with Crippen LogP contribution in [0.4, 0.5) is 5.82 Å². The lowest BCUT2D eigenvalue weighted by molar-refractivity contribution is 0.563. The predicted molar refractivity (Wildman–Crippen MR) is 53.2 cm³/mol. The zero-order valence-electron chi connectivity index (χ0n) is 8.48. The highest BCUT2D eigenvalue weighted by Gasteiger charge is 2.03. The monoisotopic (exact) mass is 181 g/mol. The van der Waals surface area contributed by atoms with Crippen molar-refractivity contribution in [2.45, 2.75) is 19.9 Å². The molecule has 1 rings (SSSR count). The lowest BCUT2D eigenvalue weighted by atomic mass is 10.4. The highest BCUT2D eigenvalue weighted by molar-refractivity contribution is 5.33. The average Bonchev–Trinajstić information content (AvgIpc) is 2.03. The summed E-state index contributed by atoms with van der Waals surface area (Å²) in [4.78, 5) is 17.1. The van der Waals surface area contributed by atoms with E-state index in [4.69, 9.17) is 0 Å². The van der Waals surface area contributed by atoms with E-state index >= 15 is 0 Å². The molecule has 1 aromatic rings. The molecule has 0 aliphatic rings. The maximum Gasteiger partial charge on any atom is 0.349 e. The molecule has 0 aliphatic heterocycles. The fourth-order valence-corrected chi connectivity index (χ4v) is 1.05. The number of hydrogen-bond acceptors (Lipinski definition) is 3. The molecule has 0 N–H and O–H groups in total. The van der Waals surface area contributed by atoms with Gasteiger partial charge in [0.1, 0.15) is 5.82 Å². The maximum absolute atomic E-state index is 11.4. The van der Waals surface area contributed by atoms with E-state index in [2.05, 4.69) is 4.98 Å². The van der Waals surface area contributed by atoms with Crippen molar-refractivity contribution in [3.05, 3.63) is 22.7 Å². The number of rotatable bonds is 2. The van der Waals surface area contributed by atoms with E-state index in [1.165, 1.54) is 0 Å². The van der Waals surface area contributed by atoms with Crippen molar-refractivity contribution in [3.8, 4) is 0 Å². The second kappa shape index (κ2) is 3.60. The van der Waals surface area contributed by atoms with E-state index in [0.717, 1.165) is 0 Å². The maximum atomic E-state index is 11.4. The summed E-state index contributed by atoms with van der Waals surface area (Å²) in [5.74, 6) is 0.696. The summed E-state index contributed by atoms with van der Waals surface area (Å²) >= 11 is 0. The number of anilines is 1. The molecule has 4 nitrogen and oxygen atoms in total. The molecule has 0 saturated heterocycles. The van der Waals surface area contributed by atoms with Gasteiger partial charge in [-0.15, -0.1) is 0 Å². The molecule has 72 valence electrons. The minimum atomic E-state index is -0.193. The molecule has 1 aromatic heterocycles. The van der Waals surface area contributed by atoms with Gasteiger partial charge in [-0.05, 0) is 19.9 Å². The Morgan fingerprint density at radius 2 is 2.08 bits per heavy atom. The van der Waals surface area contributed by atoms with Crippen LogP contribution in [0.3, 0.4) is 0 Å². The van der Waals surface area contributed by atoms with Crippen LogP contribution in [-0.4, -0.2) is 23.6 Å². The van der Waals surface area contributed by atoms with Crippen molar-refractivity contribution in [2.75, 3.05) is 19.0 Å². The molecule has 0 atom stereocenters. The highest BCUT2D eigenvalue weighted by Crippen LogP contribution is 2.04. The van der Waals surface area contributed by atoms with Gasteiger partial charge in [0.2, 0.25) is 0 Å². The van der Waals surface area contributed by atoms with Crippen LogP contribution in [0.5, 0.6) is 0 Å². The SMILES string of the molecule is CC(C)n1ccc(N(C)C)nc1=O. The Kier molecular flexibility index (Phi) is 2.70. The molecule has 0 unspecified atom stereocenters. The standard InChI is InChI=1S/C9H15N3O/c1-7(2)12-6-5-8(11(3)4)10-9(12)13/h5-7H,1-4H3. The van der Waals surface area contributed by atoms with E-state index in [0.29, 0.717) is 5.82 Å². The van der Waals surface area contributed by atoms with Crippen LogP contribution in [0.15, 0.2) is 17.1 Å². The van der Waals surface area contributed by atoms with E-state index in [1.54, 1.807) is 10.8 Å². The Hall–Kier alpha value is -1.32. The summed E-state index contributed by atoms with van der Waals surface area (Å²) in [6, 6.07) is 2.00. The summed E-state index contributed by atoms with van der Waals surface area (Å²) in [7, 11) is 3.73.